The lowest BCUT2D eigenvalue weighted by Crippen LogP contribution is -2.43. The van der Waals surface area contributed by atoms with E-state index in [1.807, 2.05) is 0 Å². The molecule has 8 heteroatoms. The molecule has 1 aromatic carbocycles. The predicted molar refractivity (Wildman–Crippen MR) is 90.6 cm³/mol. The molecule has 24 heavy (non-hydrogen) atoms. The van der Waals surface area contributed by atoms with Crippen LogP contribution in [0.15, 0.2) is 24.3 Å². The highest BCUT2D eigenvalue weighted by Crippen LogP contribution is 2.25. The summed E-state index contributed by atoms with van der Waals surface area (Å²) < 4.78 is 25.3. The van der Waals surface area contributed by atoms with E-state index in [-0.39, 0.29) is 18.1 Å². The number of carbonyl (C=O) groups is 2. The first kappa shape index (κ1) is 18.3. The van der Waals surface area contributed by atoms with Gasteiger partial charge in [-0.15, -0.1) is 0 Å². The number of anilines is 1. The van der Waals surface area contributed by atoms with Crippen molar-refractivity contribution in [3.8, 4) is 0 Å². The molecule has 0 aliphatic carbocycles. The molecule has 1 heterocycles. The van der Waals surface area contributed by atoms with Crippen LogP contribution in [0.25, 0.3) is 0 Å². The summed E-state index contributed by atoms with van der Waals surface area (Å²) in [6.07, 6.45) is 0.828. The number of hydrogen-bond donors (Lipinski definition) is 2. The zero-order valence-electron chi connectivity index (χ0n) is 13.8. The van der Waals surface area contributed by atoms with Crippen molar-refractivity contribution in [2.24, 2.45) is 0 Å². The van der Waals surface area contributed by atoms with Gasteiger partial charge in [0, 0.05) is 24.1 Å². The molecule has 0 bridgehead atoms. The maximum atomic E-state index is 12.4. The number of carboxylic acids is 1. The Balaban J connectivity index is 2.13. The Morgan fingerprint density at radius 2 is 2.04 bits per heavy atom. The molecular formula is C16H22N2O5S. The topological polar surface area (TPSA) is 104 Å². The van der Waals surface area contributed by atoms with Gasteiger partial charge in [0.2, 0.25) is 10.0 Å². The number of sulfonamides is 1. The number of benzene rings is 1. The van der Waals surface area contributed by atoms with Crippen LogP contribution < -0.4 is 9.62 Å². The smallest absolute Gasteiger partial charge is 0.303 e. The van der Waals surface area contributed by atoms with Crippen molar-refractivity contribution in [2.45, 2.75) is 38.6 Å². The van der Waals surface area contributed by atoms with Crippen LogP contribution >= 0.6 is 0 Å². The number of hydrogen-bond acceptors (Lipinski definition) is 4. The highest BCUT2D eigenvalue weighted by atomic mass is 32.2. The number of rotatable bonds is 6. The number of amides is 1. The Morgan fingerprint density at radius 1 is 1.33 bits per heavy atom. The van der Waals surface area contributed by atoms with Crippen molar-refractivity contribution >= 4 is 27.6 Å². The fourth-order valence-electron chi connectivity index (χ4n) is 2.59. The number of nitrogens with one attached hydrogen (secondary N) is 1. The molecule has 0 atom stereocenters. The van der Waals surface area contributed by atoms with Crippen LogP contribution in [0, 0.1) is 0 Å². The first-order chi connectivity index (χ1) is 11.1. The van der Waals surface area contributed by atoms with Gasteiger partial charge in [0.1, 0.15) is 0 Å². The third-order valence-corrected chi connectivity index (χ3v) is 5.78. The molecule has 132 valence electrons. The van der Waals surface area contributed by atoms with Gasteiger partial charge in [0.15, 0.2) is 0 Å². The van der Waals surface area contributed by atoms with Crippen LogP contribution in [-0.2, 0) is 14.8 Å². The van der Waals surface area contributed by atoms with E-state index >= 15 is 0 Å². The summed E-state index contributed by atoms with van der Waals surface area (Å²) in [5, 5.41) is 11.6. The standard InChI is InChI=1S/C16H22N2O5S/c1-16(2,8-7-14(19)20)17-15(21)12-5-3-6-13(11-12)18-9-4-10-24(18,22)23/h3,5-6,11H,4,7-10H2,1-2H3,(H,17,21)(H,19,20). The molecule has 2 N–H and O–H groups in total. The maximum Gasteiger partial charge on any atom is 0.303 e. The van der Waals surface area contributed by atoms with Crippen molar-refractivity contribution in [2.75, 3.05) is 16.6 Å². The Labute approximate surface area is 141 Å². The third-order valence-electron chi connectivity index (χ3n) is 3.91. The van der Waals surface area contributed by atoms with Crippen LogP contribution in [0.4, 0.5) is 5.69 Å². The van der Waals surface area contributed by atoms with E-state index in [4.69, 9.17) is 5.11 Å². The van der Waals surface area contributed by atoms with Crippen molar-refractivity contribution in [1.82, 2.24) is 5.32 Å². The Kier molecular flexibility index (Phi) is 5.17. The quantitative estimate of drug-likeness (QED) is 0.807. The van der Waals surface area contributed by atoms with Crippen molar-refractivity contribution in [3.05, 3.63) is 29.8 Å². The van der Waals surface area contributed by atoms with E-state index in [1.54, 1.807) is 38.1 Å². The van der Waals surface area contributed by atoms with Gasteiger partial charge in [0.25, 0.3) is 5.91 Å². The van der Waals surface area contributed by atoms with Gasteiger partial charge in [-0.2, -0.15) is 0 Å². The zero-order valence-corrected chi connectivity index (χ0v) is 14.6. The molecule has 1 aliphatic rings. The molecule has 0 unspecified atom stereocenters. The van der Waals surface area contributed by atoms with Crippen LogP contribution in [0.5, 0.6) is 0 Å². The fourth-order valence-corrected chi connectivity index (χ4v) is 4.15. The van der Waals surface area contributed by atoms with E-state index in [0.29, 0.717) is 30.6 Å². The first-order valence-corrected chi connectivity index (χ1v) is 9.36. The first-order valence-electron chi connectivity index (χ1n) is 7.75. The minimum atomic E-state index is -3.30. The number of nitrogens with zero attached hydrogens (tertiary/aromatic N) is 1. The Bertz CT molecular complexity index is 743. The lowest BCUT2D eigenvalue weighted by molar-refractivity contribution is -0.137. The molecule has 7 nitrogen and oxygen atoms in total. The summed E-state index contributed by atoms with van der Waals surface area (Å²) >= 11 is 0. The largest absolute Gasteiger partial charge is 0.481 e. The van der Waals surface area contributed by atoms with E-state index in [2.05, 4.69) is 5.32 Å². The SMILES string of the molecule is CC(C)(CCC(=O)O)NC(=O)c1cccc(N2CCCS2(=O)=O)c1. The fraction of sp³-hybridized carbons (Fsp3) is 0.500. The second-order valence-corrected chi connectivity index (χ2v) is 8.54. The molecule has 0 spiro atoms. The molecule has 1 aromatic rings. The number of aliphatic carboxylic acids is 1. The Morgan fingerprint density at radius 3 is 2.62 bits per heavy atom. The Hall–Kier alpha value is -2.09. The molecule has 1 aliphatic heterocycles. The monoisotopic (exact) mass is 354 g/mol. The van der Waals surface area contributed by atoms with Crippen LogP contribution in [0.1, 0.15) is 43.5 Å². The molecular weight excluding hydrogens is 332 g/mol. The van der Waals surface area contributed by atoms with Crippen LogP contribution in [-0.4, -0.2) is 43.2 Å². The van der Waals surface area contributed by atoms with E-state index in [1.165, 1.54) is 4.31 Å². The van der Waals surface area contributed by atoms with Crippen molar-refractivity contribution in [3.63, 3.8) is 0 Å². The average Bonchev–Trinajstić information content (AvgIpc) is 2.84. The van der Waals surface area contributed by atoms with Gasteiger partial charge in [-0.1, -0.05) is 6.07 Å². The van der Waals surface area contributed by atoms with E-state index < -0.39 is 21.5 Å². The van der Waals surface area contributed by atoms with Gasteiger partial charge in [-0.3, -0.25) is 13.9 Å². The molecule has 2 rings (SSSR count). The number of carboxylic acid groups (broad SMARTS) is 1. The lowest BCUT2D eigenvalue weighted by atomic mass is 9.97. The lowest BCUT2D eigenvalue weighted by Gasteiger charge is -2.26. The van der Waals surface area contributed by atoms with Crippen molar-refractivity contribution < 1.29 is 23.1 Å². The van der Waals surface area contributed by atoms with Crippen molar-refractivity contribution in [1.29, 1.82) is 0 Å². The second-order valence-electron chi connectivity index (χ2n) is 6.52. The number of carbonyl (C=O) groups excluding carboxylic acids is 1. The highest BCUT2D eigenvalue weighted by molar-refractivity contribution is 7.93. The summed E-state index contributed by atoms with van der Waals surface area (Å²) in [4.78, 5) is 23.1. The van der Waals surface area contributed by atoms with Gasteiger partial charge < -0.3 is 10.4 Å². The minimum absolute atomic E-state index is 0.0423. The van der Waals surface area contributed by atoms with Gasteiger partial charge in [-0.25, -0.2) is 8.42 Å². The van der Waals surface area contributed by atoms with Crippen LogP contribution in [0.2, 0.25) is 0 Å². The highest BCUT2D eigenvalue weighted by Gasteiger charge is 2.29. The normalized spacial score (nSPS) is 16.8. The summed E-state index contributed by atoms with van der Waals surface area (Å²) in [5.74, 6) is -1.16. The van der Waals surface area contributed by atoms with Gasteiger partial charge >= 0.3 is 5.97 Å². The molecule has 1 fully saturated rings. The summed E-state index contributed by atoms with van der Waals surface area (Å²) in [6, 6.07) is 6.46. The molecule has 1 saturated heterocycles. The van der Waals surface area contributed by atoms with Crippen LogP contribution in [0.3, 0.4) is 0 Å². The molecule has 0 aromatic heterocycles. The van der Waals surface area contributed by atoms with E-state index in [9.17, 15) is 18.0 Å². The molecule has 1 amide bonds. The maximum absolute atomic E-state index is 12.4. The average molecular weight is 354 g/mol. The minimum Gasteiger partial charge on any atom is -0.481 e. The molecule has 0 saturated carbocycles. The molecule has 0 radical (unpaired) electrons. The van der Waals surface area contributed by atoms with E-state index in [0.717, 1.165) is 0 Å². The van der Waals surface area contributed by atoms with Gasteiger partial charge in [0.05, 0.1) is 11.4 Å². The summed E-state index contributed by atoms with van der Waals surface area (Å²) in [6.45, 7) is 3.92. The summed E-state index contributed by atoms with van der Waals surface area (Å²) in [5.41, 5.74) is 0.145. The predicted octanol–water partition coefficient (Wildman–Crippen LogP) is 1.60. The second kappa shape index (κ2) is 6.80. The zero-order chi connectivity index (χ0) is 18.0. The summed E-state index contributed by atoms with van der Waals surface area (Å²) in [7, 11) is -3.30. The third kappa shape index (κ3) is 4.47. The van der Waals surface area contributed by atoms with Gasteiger partial charge in [-0.05, 0) is 44.9 Å².